The standard InChI is InChI=1S/C67H120N12O13/c1-25-27-28-44(14)56(80)55-60(84)70-48(26-2)63(87)72(18)47(17)62(86)77(23)54(43(13)29-30-79-31-33-92-34-32-79)59(83)71-52(41(9)10)66(90)73(19)49(35-38(3)4)58(82)68-45(15)57(81)69-46(16)61(85)74(20)50(36-39(5)6)64(88)75(21)51(37-40(7)8)65(89)76(22)53(42(11)12)67(91)78(55)24/h25,27,38-56,80H,26,28-37H2,1-24H3,(H,68,82)(H,69,81)(H,70,84)(H,71,83)/b27-25+/t43-,44-,45+,46-,47-,48+,49+,50+,51+,52?,53?,54?,55+,56-/m1/s1. The number of rotatable bonds is 17. The third-order valence-corrected chi connectivity index (χ3v) is 18.3. The molecule has 0 bridgehead atoms. The number of carbonyl (C=O) groups is 11. The lowest BCUT2D eigenvalue weighted by atomic mass is 9.91. The van der Waals surface area contributed by atoms with Crippen LogP contribution in [-0.4, -0.2) is 264 Å². The van der Waals surface area contributed by atoms with Crippen LogP contribution in [-0.2, 0) is 57.5 Å². The van der Waals surface area contributed by atoms with E-state index in [2.05, 4.69) is 26.2 Å². The Labute approximate surface area is 550 Å². The van der Waals surface area contributed by atoms with E-state index in [9.17, 15) is 33.9 Å². The van der Waals surface area contributed by atoms with Gasteiger partial charge in [-0.05, 0) is 114 Å². The van der Waals surface area contributed by atoms with Gasteiger partial charge in [-0.2, -0.15) is 0 Å². The van der Waals surface area contributed by atoms with Gasteiger partial charge in [0.1, 0.15) is 66.5 Å². The molecule has 92 heavy (non-hydrogen) atoms. The minimum Gasteiger partial charge on any atom is -0.390 e. The van der Waals surface area contributed by atoms with Crippen LogP contribution in [0.1, 0.15) is 156 Å². The molecule has 25 nitrogen and oxygen atoms in total. The Morgan fingerprint density at radius 2 is 0.946 bits per heavy atom. The number of nitrogens with zero attached hydrogens (tertiary/aromatic N) is 8. The predicted molar refractivity (Wildman–Crippen MR) is 355 cm³/mol. The average Bonchev–Trinajstić information content (AvgIpc) is 0.865. The van der Waals surface area contributed by atoms with E-state index in [4.69, 9.17) is 4.74 Å². The number of morpholine rings is 1. The minimum absolute atomic E-state index is 0.00694. The Hall–Kier alpha value is -6.21. The molecule has 2 saturated heterocycles. The van der Waals surface area contributed by atoms with E-state index in [1.54, 1.807) is 54.5 Å². The Balaban J connectivity index is 3.04. The van der Waals surface area contributed by atoms with Crippen LogP contribution in [0.5, 0.6) is 0 Å². The predicted octanol–water partition coefficient (Wildman–Crippen LogP) is 2.97. The maximum atomic E-state index is 15.3. The Morgan fingerprint density at radius 3 is 1.43 bits per heavy atom. The molecule has 25 heteroatoms. The highest BCUT2D eigenvalue weighted by Gasteiger charge is 2.46. The maximum absolute atomic E-state index is 15.3. The molecule has 2 aliphatic heterocycles. The van der Waals surface area contributed by atoms with Crippen molar-refractivity contribution in [2.75, 3.05) is 82.2 Å². The number of likely N-dealkylation sites (N-methyl/N-ethyl adjacent to an activating group) is 7. The zero-order chi connectivity index (χ0) is 70.7. The molecule has 0 aromatic heterocycles. The molecule has 2 aliphatic rings. The van der Waals surface area contributed by atoms with Crippen LogP contribution in [0.4, 0.5) is 0 Å². The molecule has 0 spiro atoms. The van der Waals surface area contributed by atoms with Crippen molar-refractivity contribution >= 4 is 65.0 Å². The van der Waals surface area contributed by atoms with Gasteiger partial charge in [0, 0.05) is 62.4 Å². The molecule has 0 aromatic carbocycles. The van der Waals surface area contributed by atoms with Gasteiger partial charge < -0.3 is 65.4 Å². The van der Waals surface area contributed by atoms with Gasteiger partial charge in [0.25, 0.3) is 0 Å². The zero-order valence-corrected chi connectivity index (χ0v) is 60.3. The molecule has 0 aromatic rings. The van der Waals surface area contributed by atoms with Gasteiger partial charge in [-0.15, -0.1) is 0 Å². The van der Waals surface area contributed by atoms with Crippen LogP contribution in [0.25, 0.3) is 0 Å². The molecule has 3 unspecified atom stereocenters. The van der Waals surface area contributed by atoms with Gasteiger partial charge in [0.05, 0.1) is 19.3 Å². The molecule has 2 rings (SSSR count). The molecular formula is C67H120N12O13. The monoisotopic (exact) mass is 1300 g/mol. The highest BCUT2D eigenvalue weighted by Crippen LogP contribution is 2.26. The summed E-state index contributed by atoms with van der Waals surface area (Å²) in [6.07, 6.45) is 3.27. The van der Waals surface area contributed by atoms with Crippen molar-refractivity contribution in [2.24, 2.45) is 41.4 Å². The van der Waals surface area contributed by atoms with Gasteiger partial charge in [-0.1, -0.05) is 102 Å². The molecule has 14 atom stereocenters. The van der Waals surface area contributed by atoms with E-state index < -0.39 is 161 Å². The summed E-state index contributed by atoms with van der Waals surface area (Å²) in [5.74, 6) is -10.2. The molecule has 0 saturated carbocycles. The van der Waals surface area contributed by atoms with Gasteiger partial charge in [-0.25, -0.2) is 0 Å². The summed E-state index contributed by atoms with van der Waals surface area (Å²) in [5.41, 5.74) is 0. The number of aliphatic hydroxyl groups is 1. The molecule has 5 N–H and O–H groups in total. The second-order valence-electron chi connectivity index (χ2n) is 28.0. The first-order valence-corrected chi connectivity index (χ1v) is 33.4. The Kier molecular flexibility index (Phi) is 33.5. The lowest BCUT2D eigenvalue weighted by Crippen LogP contribution is -2.64. The summed E-state index contributed by atoms with van der Waals surface area (Å²) in [5, 5.41) is 23.4. The quantitative estimate of drug-likeness (QED) is 0.131. The van der Waals surface area contributed by atoms with Crippen LogP contribution in [0.15, 0.2) is 12.2 Å². The molecule has 0 radical (unpaired) electrons. The van der Waals surface area contributed by atoms with E-state index in [1.807, 2.05) is 54.5 Å². The fourth-order valence-electron chi connectivity index (χ4n) is 12.2. The average molecular weight is 1300 g/mol. The van der Waals surface area contributed by atoms with Crippen LogP contribution in [0, 0.1) is 41.4 Å². The summed E-state index contributed by atoms with van der Waals surface area (Å²) in [6, 6.07) is -13.8. The normalized spacial score (nSPS) is 28.1. The van der Waals surface area contributed by atoms with E-state index in [1.165, 1.54) is 99.5 Å². The largest absolute Gasteiger partial charge is 0.390 e. The van der Waals surface area contributed by atoms with Crippen LogP contribution in [0.2, 0.25) is 0 Å². The van der Waals surface area contributed by atoms with E-state index in [0.29, 0.717) is 45.7 Å². The van der Waals surface area contributed by atoms with Crippen molar-refractivity contribution in [2.45, 2.75) is 229 Å². The molecule has 2 fully saturated rings. The van der Waals surface area contributed by atoms with Crippen LogP contribution in [0.3, 0.4) is 0 Å². The number of ether oxygens (including phenoxy) is 1. The smallest absolute Gasteiger partial charge is 0.246 e. The summed E-state index contributed by atoms with van der Waals surface area (Å²) in [4.78, 5) is 174. The first-order valence-electron chi connectivity index (χ1n) is 33.4. The lowest BCUT2D eigenvalue weighted by Gasteiger charge is -2.41. The van der Waals surface area contributed by atoms with Gasteiger partial charge in [0.2, 0.25) is 65.0 Å². The third-order valence-electron chi connectivity index (χ3n) is 18.3. The van der Waals surface area contributed by atoms with Crippen molar-refractivity contribution in [3.63, 3.8) is 0 Å². The summed E-state index contributed by atoms with van der Waals surface area (Å²) in [7, 11) is 10.0. The number of hydrogen-bond acceptors (Lipinski definition) is 14. The third kappa shape index (κ3) is 22.2. The number of amides is 11. The Morgan fingerprint density at radius 1 is 0.489 bits per heavy atom. The van der Waals surface area contributed by atoms with Crippen molar-refractivity contribution in [1.29, 1.82) is 0 Å². The van der Waals surface area contributed by atoms with Crippen molar-refractivity contribution in [1.82, 2.24) is 60.5 Å². The minimum atomic E-state index is -1.63. The van der Waals surface area contributed by atoms with Gasteiger partial charge in [0.15, 0.2) is 0 Å². The Bertz CT molecular complexity index is 2520. The number of hydrogen-bond donors (Lipinski definition) is 5. The second-order valence-corrected chi connectivity index (χ2v) is 28.0. The fourth-order valence-corrected chi connectivity index (χ4v) is 12.2. The van der Waals surface area contributed by atoms with E-state index >= 15 is 24.0 Å². The maximum Gasteiger partial charge on any atom is 0.246 e. The first-order chi connectivity index (χ1) is 42.7. The molecule has 2 heterocycles. The second kappa shape index (κ2) is 37.6. The highest BCUT2D eigenvalue weighted by molar-refractivity contribution is 6.00. The van der Waals surface area contributed by atoms with Crippen LogP contribution >= 0.6 is 0 Å². The van der Waals surface area contributed by atoms with Gasteiger partial charge >= 0.3 is 0 Å². The van der Waals surface area contributed by atoms with Gasteiger partial charge in [-0.3, -0.25) is 57.6 Å². The van der Waals surface area contributed by atoms with E-state index in [0.717, 1.165) is 4.90 Å². The van der Waals surface area contributed by atoms with Crippen molar-refractivity contribution < 1.29 is 62.6 Å². The number of aliphatic hydroxyl groups excluding tert-OH is 1. The summed E-state index contributed by atoms with van der Waals surface area (Å²) < 4.78 is 5.57. The number of allylic oxidation sites excluding steroid dienone is 2. The SMILES string of the molecule is C/C=C/C[C@@H](C)[C@@H](O)[C@H]1C(=O)N[C@@H](CC)C(=O)N(C)[C@H](C)C(=O)N(C)C([C@H](C)CCN2CCOCC2)C(=O)NC(C(C)C)C(=O)N(C)[C@@H](CC(C)C)C(=O)N[C@@H](C)C(=O)N[C@H](C)C(=O)N(C)[C@@H](CC(C)C)C(=O)N(C)[C@@H](CC(C)C)C(=O)N(C)C(C(C)C)C(=O)N1C. The molecule has 0 aliphatic carbocycles. The molecule has 526 valence electrons. The molecular weight excluding hydrogens is 1180 g/mol. The van der Waals surface area contributed by atoms with Crippen molar-refractivity contribution in [3.8, 4) is 0 Å². The summed E-state index contributed by atoms with van der Waals surface area (Å²) in [6.45, 7) is 32.5. The topological polar surface area (TPSA) is 291 Å². The van der Waals surface area contributed by atoms with Crippen LogP contribution < -0.4 is 21.3 Å². The number of carbonyl (C=O) groups excluding carboxylic acids is 11. The number of nitrogens with one attached hydrogen (secondary N) is 4. The highest BCUT2D eigenvalue weighted by atomic mass is 16.5. The fraction of sp³-hybridized carbons (Fsp3) is 0.806. The van der Waals surface area contributed by atoms with E-state index in [-0.39, 0.29) is 43.4 Å². The molecule has 11 amide bonds. The lowest BCUT2D eigenvalue weighted by molar-refractivity contribution is -0.157. The first kappa shape index (κ1) is 81.9. The van der Waals surface area contributed by atoms with Crippen molar-refractivity contribution in [3.05, 3.63) is 12.2 Å². The zero-order valence-electron chi connectivity index (χ0n) is 60.3. The summed E-state index contributed by atoms with van der Waals surface area (Å²) >= 11 is 0.